The van der Waals surface area contributed by atoms with Gasteiger partial charge in [-0.25, -0.2) is 0 Å². The zero-order valence-electron chi connectivity index (χ0n) is 9.48. The molecule has 0 radical (unpaired) electrons. The third-order valence-corrected chi connectivity index (χ3v) is 1.71. The first-order valence-electron chi connectivity index (χ1n) is 5.41. The van der Waals surface area contributed by atoms with Gasteiger partial charge < -0.3 is 25.0 Å². The van der Waals surface area contributed by atoms with Crippen LogP contribution in [0.5, 0.6) is 0 Å². The monoisotopic (exact) mass is 208 g/mol. The van der Waals surface area contributed by atoms with Gasteiger partial charge in [0.1, 0.15) is 0 Å². The van der Waals surface area contributed by atoms with Crippen molar-refractivity contribution in [1.29, 1.82) is 0 Å². The summed E-state index contributed by atoms with van der Waals surface area (Å²) in [6.45, 7) is 6.62. The predicted molar refractivity (Wildman–Crippen MR) is 61.9 cm³/mol. The summed E-state index contributed by atoms with van der Waals surface area (Å²) in [5, 5.41) is 0. The summed E-state index contributed by atoms with van der Waals surface area (Å²) in [4.78, 5) is 0. The second-order valence-electron chi connectivity index (χ2n) is 3.12. The van der Waals surface area contributed by atoms with Gasteiger partial charge in [-0.3, -0.25) is 0 Å². The maximum atomic E-state index is 3.72. The molecule has 0 saturated carbocycles. The van der Waals surface area contributed by atoms with E-state index in [4.69, 9.17) is 0 Å². The minimum Gasteiger partial charge on any atom is -2.00 e. The van der Waals surface area contributed by atoms with Gasteiger partial charge >= 0.3 is 0 Å². The van der Waals surface area contributed by atoms with Crippen molar-refractivity contribution in [3.63, 3.8) is 0 Å². The SMILES string of the molecule is CCCCC[NH3+].CCCCC[NH3+].[S-2]. The van der Waals surface area contributed by atoms with Crippen molar-refractivity contribution in [2.45, 2.75) is 52.4 Å². The molecule has 0 saturated heterocycles. The van der Waals surface area contributed by atoms with Crippen LogP contribution in [0.2, 0.25) is 0 Å². The lowest BCUT2D eigenvalue weighted by Crippen LogP contribution is -2.50. The summed E-state index contributed by atoms with van der Waals surface area (Å²) in [6.07, 6.45) is 7.94. The standard InChI is InChI=1S/2C5H13N.S/c2*1-2-3-4-5-6;/h2*2-6H2,1H3;/q;;-2/p+2. The number of hydrogen-bond acceptors (Lipinski definition) is 0. The Morgan fingerprint density at radius 1 is 0.692 bits per heavy atom. The first kappa shape index (κ1) is 18.9. The molecule has 84 valence electrons. The maximum Gasteiger partial charge on any atom is 0.0739 e. The minimum atomic E-state index is 0. The molecule has 0 aliphatic rings. The molecule has 0 amide bonds. The van der Waals surface area contributed by atoms with Crippen molar-refractivity contribution in [1.82, 2.24) is 0 Å². The number of unbranched alkanes of at least 4 members (excludes halogenated alkanes) is 4. The van der Waals surface area contributed by atoms with Gasteiger partial charge in [-0.05, 0) is 25.7 Å². The third-order valence-electron chi connectivity index (χ3n) is 1.71. The first-order chi connectivity index (χ1) is 5.83. The Morgan fingerprint density at radius 2 is 1.00 bits per heavy atom. The van der Waals surface area contributed by atoms with E-state index in [0.717, 1.165) is 13.1 Å². The van der Waals surface area contributed by atoms with E-state index in [9.17, 15) is 0 Å². The first-order valence-corrected chi connectivity index (χ1v) is 5.41. The second-order valence-corrected chi connectivity index (χ2v) is 3.12. The summed E-state index contributed by atoms with van der Waals surface area (Å²) < 4.78 is 0. The molecule has 0 aliphatic carbocycles. The van der Waals surface area contributed by atoms with E-state index in [2.05, 4.69) is 25.3 Å². The highest BCUT2D eigenvalue weighted by molar-refractivity contribution is 7.37. The molecular formula is C10H28N2S. The van der Waals surface area contributed by atoms with Crippen LogP contribution in [0.25, 0.3) is 0 Å². The highest BCUT2D eigenvalue weighted by atomic mass is 32.1. The van der Waals surface area contributed by atoms with Gasteiger partial charge in [0.15, 0.2) is 0 Å². The highest BCUT2D eigenvalue weighted by Gasteiger charge is 1.78. The molecule has 3 heteroatoms. The second kappa shape index (κ2) is 22.8. The molecule has 0 fully saturated rings. The molecular weight excluding hydrogens is 180 g/mol. The van der Waals surface area contributed by atoms with Crippen LogP contribution in [0.4, 0.5) is 0 Å². The smallest absolute Gasteiger partial charge is 0.0739 e. The van der Waals surface area contributed by atoms with E-state index in [-0.39, 0.29) is 13.5 Å². The van der Waals surface area contributed by atoms with Gasteiger partial charge in [0.05, 0.1) is 13.1 Å². The fourth-order valence-electron chi connectivity index (χ4n) is 0.854. The lowest BCUT2D eigenvalue weighted by Gasteiger charge is -2.00. The number of quaternary nitrogens is 2. The quantitative estimate of drug-likeness (QED) is 0.608. The Kier molecular flexibility index (Phi) is 33.2. The average Bonchev–Trinajstić information content (AvgIpc) is 2.12. The minimum absolute atomic E-state index is 0. The van der Waals surface area contributed by atoms with Gasteiger partial charge in [-0.15, -0.1) is 0 Å². The third kappa shape index (κ3) is 32.9. The summed E-state index contributed by atoms with van der Waals surface area (Å²) in [5.74, 6) is 0. The fourth-order valence-corrected chi connectivity index (χ4v) is 0.854. The van der Waals surface area contributed by atoms with Crippen LogP contribution in [0.1, 0.15) is 52.4 Å². The molecule has 0 heterocycles. The van der Waals surface area contributed by atoms with Crippen molar-refractivity contribution in [2.75, 3.05) is 13.1 Å². The molecule has 0 rings (SSSR count). The normalized spacial score (nSPS) is 8.31. The van der Waals surface area contributed by atoms with Gasteiger partial charge in [0, 0.05) is 0 Å². The van der Waals surface area contributed by atoms with E-state index in [1.807, 2.05) is 0 Å². The number of hydrogen-bond donors (Lipinski definition) is 2. The molecule has 2 nitrogen and oxygen atoms in total. The van der Waals surface area contributed by atoms with E-state index < -0.39 is 0 Å². The van der Waals surface area contributed by atoms with Gasteiger partial charge in [0.25, 0.3) is 0 Å². The van der Waals surface area contributed by atoms with Crippen LogP contribution in [0.3, 0.4) is 0 Å². The highest BCUT2D eigenvalue weighted by Crippen LogP contribution is 1.88. The van der Waals surface area contributed by atoms with E-state index in [1.165, 1.54) is 38.5 Å². The van der Waals surface area contributed by atoms with Crippen molar-refractivity contribution < 1.29 is 11.5 Å². The lowest BCUT2D eigenvalue weighted by atomic mass is 10.3. The average molecular weight is 208 g/mol. The van der Waals surface area contributed by atoms with E-state index >= 15 is 0 Å². The predicted octanol–water partition coefficient (Wildman–Crippen LogP) is 0.835. The molecule has 0 aromatic carbocycles. The lowest BCUT2D eigenvalue weighted by molar-refractivity contribution is -0.368. The Balaban J connectivity index is -0.000000143. The van der Waals surface area contributed by atoms with Crippen molar-refractivity contribution in [3.05, 3.63) is 0 Å². The van der Waals surface area contributed by atoms with Crippen LogP contribution in [0.15, 0.2) is 0 Å². The van der Waals surface area contributed by atoms with Crippen LogP contribution in [0, 0.1) is 0 Å². The van der Waals surface area contributed by atoms with Crippen LogP contribution in [-0.4, -0.2) is 13.1 Å². The van der Waals surface area contributed by atoms with Crippen LogP contribution >= 0.6 is 0 Å². The van der Waals surface area contributed by atoms with Gasteiger partial charge in [-0.2, -0.15) is 0 Å². The summed E-state index contributed by atoms with van der Waals surface area (Å²) in [7, 11) is 0. The molecule has 13 heavy (non-hydrogen) atoms. The van der Waals surface area contributed by atoms with Crippen LogP contribution in [-0.2, 0) is 13.5 Å². The maximum absolute atomic E-state index is 3.72. The molecule has 0 bridgehead atoms. The molecule has 0 aromatic heterocycles. The van der Waals surface area contributed by atoms with Crippen LogP contribution < -0.4 is 11.5 Å². The van der Waals surface area contributed by atoms with E-state index in [1.54, 1.807) is 0 Å². The molecule has 0 aromatic rings. The van der Waals surface area contributed by atoms with E-state index in [0.29, 0.717) is 0 Å². The molecule has 0 unspecified atom stereocenters. The molecule has 0 aliphatic heterocycles. The zero-order valence-corrected chi connectivity index (χ0v) is 10.3. The molecule has 0 atom stereocenters. The van der Waals surface area contributed by atoms with Gasteiger partial charge in [-0.1, -0.05) is 26.7 Å². The van der Waals surface area contributed by atoms with Crippen molar-refractivity contribution in [2.24, 2.45) is 0 Å². The zero-order chi connectivity index (χ0) is 9.66. The Labute approximate surface area is 90.9 Å². The largest absolute Gasteiger partial charge is 2.00 e. The van der Waals surface area contributed by atoms with Gasteiger partial charge in [0.2, 0.25) is 0 Å². The molecule has 6 N–H and O–H groups in total. The molecule has 0 spiro atoms. The Hall–Kier alpha value is 0.270. The van der Waals surface area contributed by atoms with Crippen molar-refractivity contribution >= 4 is 13.5 Å². The Morgan fingerprint density at radius 3 is 1.08 bits per heavy atom. The summed E-state index contributed by atoms with van der Waals surface area (Å²) in [5.41, 5.74) is 7.45. The van der Waals surface area contributed by atoms with Crippen molar-refractivity contribution in [3.8, 4) is 0 Å². The fraction of sp³-hybridized carbons (Fsp3) is 1.00. The number of rotatable bonds is 6. The topological polar surface area (TPSA) is 55.3 Å². The summed E-state index contributed by atoms with van der Waals surface area (Å²) >= 11 is 0. The summed E-state index contributed by atoms with van der Waals surface area (Å²) in [6, 6.07) is 0. The Bertz CT molecular complexity index is 44.9.